The normalized spacial score (nSPS) is 12.2. The van der Waals surface area contributed by atoms with Gasteiger partial charge in [0.2, 0.25) is 0 Å². The quantitative estimate of drug-likeness (QED) is 0.868. The summed E-state index contributed by atoms with van der Waals surface area (Å²) in [6, 6.07) is 10.1. The molecule has 0 amide bonds. The molecular weight excluding hydrogens is 267 g/mol. The van der Waals surface area contributed by atoms with Crippen LogP contribution in [0.4, 0.5) is 5.82 Å². The summed E-state index contributed by atoms with van der Waals surface area (Å²) < 4.78 is 0. The van der Waals surface area contributed by atoms with Crippen molar-refractivity contribution in [3.63, 3.8) is 0 Å². The number of aromatic nitrogens is 1. The largest absolute Gasteiger partial charge is 0.362 e. The molecule has 1 atom stereocenters. The van der Waals surface area contributed by atoms with Crippen molar-refractivity contribution in [3.05, 3.63) is 57.7 Å². The monoisotopic (exact) mass is 280 g/mol. The number of benzene rings is 1. The maximum Gasteiger partial charge on any atom is 0.145 e. The van der Waals surface area contributed by atoms with Crippen molar-refractivity contribution < 1.29 is 0 Å². The number of pyridine rings is 1. The lowest BCUT2D eigenvalue weighted by atomic mass is 10.0. The van der Waals surface area contributed by atoms with Crippen LogP contribution < -0.4 is 5.32 Å². The highest BCUT2D eigenvalue weighted by Gasteiger charge is 2.10. The van der Waals surface area contributed by atoms with Gasteiger partial charge >= 0.3 is 0 Å². The van der Waals surface area contributed by atoms with Gasteiger partial charge in [-0.3, -0.25) is 0 Å². The number of nitrogens with one attached hydrogen (secondary N) is 1. The fourth-order valence-electron chi connectivity index (χ4n) is 1.88. The molecule has 1 aromatic heterocycles. The van der Waals surface area contributed by atoms with Gasteiger partial charge in [-0.15, -0.1) is 0 Å². The van der Waals surface area contributed by atoms with Crippen LogP contribution in [0.25, 0.3) is 0 Å². The third kappa shape index (κ3) is 2.95. The molecule has 0 fully saturated rings. The van der Waals surface area contributed by atoms with Crippen LogP contribution in [0, 0.1) is 6.92 Å². The van der Waals surface area contributed by atoms with Crippen LogP contribution in [-0.4, -0.2) is 4.98 Å². The van der Waals surface area contributed by atoms with Gasteiger partial charge in [-0.1, -0.05) is 47.5 Å². The van der Waals surface area contributed by atoms with Crippen LogP contribution in [0.15, 0.2) is 36.5 Å². The summed E-state index contributed by atoms with van der Waals surface area (Å²) in [6.45, 7) is 4.17. The van der Waals surface area contributed by atoms with Crippen molar-refractivity contribution in [2.75, 3.05) is 5.32 Å². The fourth-order valence-corrected chi connectivity index (χ4v) is 2.31. The average Bonchev–Trinajstić information content (AvgIpc) is 2.33. The van der Waals surface area contributed by atoms with Crippen LogP contribution >= 0.6 is 23.2 Å². The molecule has 2 nitrogen and oxygen atoms in total. The third-order valence-electron chi connectivity index (χ3n) is 2.82. The number of nitrogens with zero attached hydrogens (tertiary/aromatic N) is 1. The molecule has 0 bridgehead atoms. The van der Waals surface area contributed by atoms with Crippen LogP contribution in [0.1, 0.15) is 24.1 Å². The fraction of sp³-hybridized carbons (Fsp3) is 0.214. The first kappa shape index (κ1) is 13.2. The number of halogens is 2. The van der Waals surface area contributed by atoms with Gasteiger partial charge in [-0.05, 0) is 31.0 Å². The molecule has 0 spiro atoms. The lowest BCUT2D eigenvalue weighted by Gasteiger charge is -2.17. The Morgan fingerprint density at radius 3 is 2.61 bits per heavy atom. The highest BCUT2D eigenvalue weighted by atomic mass is 35.5. The summed E-state index contributed by atoms with van der Waals surface area (Å²) in [5, 5.41) is 4.36. The summed E-state index contributed by atoms with van der Waals surface area (Å²) in [5.41, 5.74) is 2.47. The molecular formula is C14H14Cl2N2. The van der Waals surface area contributed by atoms with Crippen molar-refractivity contribution in [1.82, 2.24) is 4.98 Å². The molecule has 0 saturated heterocycles. The molecule has 0 aliphatic carbocycles. The van der Waals surface area contributed by atoms with Crippen molar-refractivity contribution in [2.45, 2.75) is 19.9 Å². The second-order valence-electron chi connectivity index (χ2n) is 4.21. The predicted molar refractivity (Wildman–Crippen MR) is 77.5 cm³/mol. The minimum atomic E-state index is 0.136. The smallest absolute Gasteiger partial charge is 0.145 e. The van der Waals surface area contributed by atoms with E-state index in [0.717, 1.165) is 0 Å². The van der Waals surface area contributed by atoms with Gasteiger partial charge in [0.05, 0.1) is 16.1 Å². The molecule has 0 aliphatic heterocycles. The number of hydrogen-bond donors (Lipinski definition) is 1. The van der Waals surface area contributed by atoms with Gasteiger partial charge in [-0.2, -0.15) is 0 Å². The minimum absolute atomic E-state index is 0.136. The molecule has 1 unspecified atom stereocenters. The Labute approximate surface area is 117 Å². The van der Waals surface area contributed by atoms with Gasteiger partial charge in [0.1, 0.15) is 5.82 Å². The topological polar surface area (TPSA) is 24.9 Å². The van der Waals surface area contributed by atoms with Gasteiger partial charge < -0.3 is 5.32 Å². The number of aryl methyl sites for hydroxylation is 1. The zero-order valence-corrected chi connectivity index (χ0v) is 11.8. The standard InChI is InChI=1S/C14H14Cl2N2/c1-9-5-3-4-6-12(9)10(2)18-14-13(16)7-11(15)8-17-14/h3-8,10H,1-2H3,(H,17,18). The molecule has 94 valence electrons. The lowest BCUT2D eigenvalue weighted by Crippen LogP contribution is -2.09. The summed E-state index contributed by atoms with van der Waals surface area (Å²) in [6.07, 6.45) is 1.58. The van der Waals surface area contributed by atoms with Gasteiger partial charge in [-0.25, -0.2) is 4.98 Å². The molecule has 4 heteroatoms. The van der Waals surface area contributed by atoms with E-state index in [-0.39, 0.29) is 6.04 Å². The van der Waals surface area contributed by atoms with E-state index in [1.165, 1.54) is 11.1 Å². The molecule has 2 rings (SSSR count). The van der Waals surface area contributed by atoms with E-state index in [9.17, 15) is 0 Å². The predicted octanol–water partition coefficient (Wildman–Crippen LogP) is 4.87. The van der Waals surface area contributed by atoms with Gasteiger partial charge in [0.15, 0.2) is 0 Å². The third-order valence-corrected chi connectivity index (χ3v) is 3.31. The first-order valence-electron chi connectivity index (χ1n) is 5.71. The molecule has 0 aliphatic rings. The Morgan fingerprint density at radius 1 is 1.22 bits per heavy atom. The highest BCUT2D eigenvalue weighted by molar-refractivity contribution is 6.35. The van der Waals surface area contributed by atoms with E-state index in [0.29, 0.717) is 15.9 Å². The molecule has 1 N–H and O–H groups in total. The van der Waals surface area contributed by atoms with Crippen LogP contribution in [0.3, 0.4) is 0 Å². The van der Waals surface area contributed by atoms with E-state index in [1.54, 1.807) is 12.3 Å². The summed E-state index contributed by atoms with van der Waals surface area (Å²) in [7, 11) is 0. The summed E-state index contributed by atoms with van der Waals surface area (Å²) in [5.74, 6) is 0.650. The zero-order valence-electron chi connectivity index (χ0n) is 10.2. The second kappa shape index (κ2) is 5.59. The highest BCUT2D eigenvalue weighted by Crippen LogP contribution is 2.27. The summed E-state index contributed by atoms with van der Waals surface area (Å²) >= 11 is 11.9. The lowest BCUT2D eigenvalue weighted by molar-refractivity contribution is 0.865. The summed E-state index contributed by atoms with van der Waals surface area (Å²) in [4.78, 5) is 4.20. The molecule has 2 aromatic rings. The zero-order chi connectivity index (χ0) is 13.1. The van der Waals surface area contributed by atoms with Crippen molar-refractivity contribution in [1.29, 1.82) is 0 Å². The van der Waals surface area contributed by atoms with Crippen LogP contribution in [0.2, 0.25) is 10.0 Å². The van der Waals surface area contributed by atoms with E-state index >= 15 is 0 Å². The second-order valence-corrected chi connectivity index (χ2v) is 5.05. The molecule has 1 heterocycles. The SMILES string of the molecule is Cc1ccccc1C(C)Nc1ncc(Cl)cc1Cl. The van der Waals surface area contributed by atoms with E-state index in [4.69, 9.17) is 23.2 Å². The first-order valence-corrected chi connectivity index (χ1v) is 6.46. The maximum atomic E-state index is 6.09. The van der Waals surface area contributed by atoms with Crippen molar-refractivity contribution in [2.24, 2.45) is 0 Å². The number of anilines is 1. The van der Waals surface area contributed by atoms with E-state index in [1.807, 2.05) is 12.1 Å². The Hall–Kier alpha value is -1.25. The van der Waals surface area contributed by atoms with Gasteiger partial charge in [0, 0.05) is 6.20 Å². The van der Waals surface area contributed by atoms with Crippen LogP contribution in [0.5, 0.6) is 0 Å². The van der Waals surface area contributed by atoms with Crippen molar-refractivity contribution in [3.8, 4) is 0 Å². The number of rotatable bonds is 3. The maximum absolute atomic E-state index is 6.09. The van der Waals surface area contributed by atoms with Crippen LogP contribution in [-0.2, 0) is 0 Å². The Bertz CT molecular complexity index is 555. The number of hydrogen-bond acceptors (Lipinski definition) is 2. The van der Waals surface area contributed by atoms with Gasteiger partial charge in [0.25, 0.3) is 0 Å². The Balaban J connectivity index is 2.21. The minimum Gasteiger partial charge on any atom is -0.362 e. The average molecular weight is 281 g/mol. The molecule has 18 heavy (non-hydrogen) atoms. The first-order chi connectivity index (χ1) is 8.58. The molecule has 1 aromatic carbocycles. The Kier molecular flexibility index (Phi) is 4.10. The molecule has 0 radical (unpaired) electrons. The Morgan fingerprint density at radius 2 is 1.94 bits per heavy atom. The van der Waals surface area contributed by atoms with E-state index < -0.39 is 0 Å². The van der Waals surface area contributed by atoms with E-state index in [2.05, 4.69) is 36.3 Å². The van der Waals surface area contributed by atoms with Crippen molar-refractivity contribution >= 4 is 29.0 Å². The molecule has 0 saturated carbocycles.